The predicted octanol–water partition coefficient (Wildman–Crippen LogP) is 4.76. The number of nitrogens with zero attached hydrogens (tertiary/aromatic N) is 5. The van der Waals surface area contributed by atoms with Crippen LogP contribution >= 0.6 is 23.2 Å². The number of hydrogen-bond donors (Lipinski definition) is 1. The summed E-state index contributed by atoms with van der Waals surface area (Å²) >= 11 is 12.1. The van der Waals surface area contributed by atoms with E-state index >= 15 is 0 Å². The Hall–Kier alpha value is -3.10. The van der Waals surface area contributed by atoms with Crippen LogP contribution in [0.15, 0.2) is 54.9 Å². The van der Waals surface area contributed by atoms with E-state index in [0.29, 0.717) is 34.6 Å². The van der Waals surface area contributed by atoms with E-state index in [1.54, 1.807) is 18.2 Å². The zero-order valence-electron chi connectivity index (χ0n) is 15.8. The molecule has 1 N–H and O–H groups in total. The van der Waals surface area contributed by atoms with Crippen LogP contribution in [0, 0.1) is 10.1 Å². The molecule has 1 fully saturated rings. The van der Waals surface area contributed by atoms with Gasteiger partial charge in [-0.25, -0.2) is 9.97 Å². The lowest BCUT2D eigenvalue weighted by molar-refractivity contribution is -0.383. The third kappa shape index (κ3) is 4.39. The number of nitro groups is 1. The van der Waals surface area contributed by atoms with E-state index in [9.17, 15) is 10.1 Å². The lowest BCUT2D eigenvalue weighted by Crippen LogP contribution is -2.47. The Kier molecular flexibility index (Phi) is 5.87. The second-order valence-corrected chi connectivity index (χ2v) is 7.62. The van der Waals surface area contributed by atoms with Crippen LogP contribution in [-0.2, 0) is 0 Å². The summed E-state index contributed by atoms with van der Waals surface area (Å²) in [6.07, 6.45) is 1.32. The maximum atomic E-state index is 11.9. The first-order valence-electron chi connectivity index (χ1n) is 9.29. The maximum Gasteiger partial charge on any atom is 0.353 e. The molecule has 30 heavy (non-hydrogen) atoms. The van der Waals surface area contributed by atoms with E-state index in [0.717, 1.165) is 18.8 Å². The molecule has 1 saturated heterocycles. The molecule has 1 aromatic heterocycles. The Morgan fingerprint density at radius 2 is 1.57 bits per heavy atom. The first-order valence-corrected chi connectivity index (χ1v) is 10.0. The van der Waals surface area contributed by atoms with Gasteiger partial charge in [-0.3, -0.25) is 10.1 Å². The molecule has 4 rings (SSSR count). The van der Waals surface area contributed by atoms with Crippen molar-refractivity contribution in [2.75, 3.05) is 41.3 Å². The third-order valence-electron chi connectivity index (χ3n) is 4.81. The molecule has 0 spiro atoms. The Balaban J connectivity index is 1.58. The molecule has 0 saturated carbocycles. The highest BCUT2D eigenvalue weighted by atomic mass is 35.5. The van der Waals surface area contributed by atoms with Gasteiger partial charge in [0.2, 0.25) is 11.6 Å². The summed E-state index contributed by atoms with van der Waals surface area (Å²) in [6.45, 7) is 2.68. The lowest BCUT2D eigenvalue weighted by Gasteiger charge is -2.36. The van der Waals surface area contributed by atoms with E-state index in [2.05, 4.69) is 32.3 Å². The number of anilines is 4. The van der Waals surface area contributed by atoms with Gasteiger partial charge in [0.25, 0.3) is 0 Å². The summed E-state index contributed by atoms with van der Waals surface area (Å²) in [5.74, 6) is 0.382. The molecule has 3 aromatic rings. The second kappa shape index (κ2) is 8.73. The van der Waals surface area contributed by atoms with Gasteiger partial charge in [-0.1, -0.05) is 41.4 Å². The standard InChI is InChI=1S/C20H18Cl2N6O2/c21-14-10-15(22)12-16(11-14)25-19-18(28(29)30)20(24-13-23-19)27-8-6-26(7-9-27)17-4-2-1-3-5-17/h1-5,10-13H,6-9H2,(H,23,24,25). The highest BCUT2D eigenvalue weighted by Crippen LogP contribution is 2.35. The van der Waals surface area contributed by atoms with E-state index in [-0.39, 0.29) is 11.5 Å². The van der Waals surface area contributed by atoms with Crippen molar-refractivity contribution in [2.24, 2.45) is 0 Å². The SMILES string of the molecule is O=[N+]([O-])c1c(Nc2cc(Cl)cc(Cl)c2)ncnc1N1CCN(c2ccccc2)CC1. The molecule has 0 amide bonds. The van der Waals surface area contributed by atoms with Gasteiger partial charge in [-0.15, -0.1) is 0 Å². The van der Waals surface area contributed by atoms with Crippen molar-refractivity contribution >= 4 is 51.9 Å². The molecular weight excluding hydrogens is 427 g/mol. The molecule has 2 aromatic carbocycles. The molecule has 154 valence electrons. The number of aromatic nitrogens is 2. The van der Waals surface area contributed by atoms with E-state index in [1.165, 1.54) is 6.33 Å². The summed E-state index contributed by atoms with van der Waals surface area (Å²) in [7, 11) is 0. The van der Waals surface area contributed by atoms with E-state index in [1.807, 2.05) is 23.1 Å². The van der Waals surface area contributed by atoms with Crippen LogP contribution in [0.5, 0.6) is 0 Å². The zero-order chi connectivity index (χ0) is 21.1. The lowest BCUT2D eigenvalue weighted by atomic mass is 10.2. The number of rotatable bonds is 5. The van der Waals surface area contributed by atoms with Crippen LogP contribution in [0.25, 0.3) is 0 Å². The average molecular weight is 445 g/mol. The fraction of sp³-hybridized carbons (Fsp3) is 0.200. The number of para-hydroxylation sites is 1. The molecule has 1 aliphatic rings. The summed E-state index contributed by atoms with van der Waals surface area (Å²) < 4.78 is 0. The minimum Gasteiger partial charge on any atom is -0.368 e. The third-order valence-corrected chi connectivity index (χ3v) is 5.25. The topological polar surface area (TPSA) is 87.4 Å². The van der Waals surface area contributed by atoms with E-state index in [4.69, 9.17) is 23.2 Å². The van der Waals surface area contributed by atoms with Crippen LogP contribution in [0.2, 0.25) is 10.0 Å². The molecule has 2 heterocycles. The van der Waals surface area contributed by atoms with Crippen LogP contribution in [0.1, 0.15) is 0 Å². The summed E-state index contributed by atoms with van der Waals surface area (Å²) in [5.41, 5.74) is 1.46. The Labute approximate surface area is 183 Å². The molecule has 0 bridgehead atoms. The summed E-state index contributed by atoms with van der Waals surface area (Å²) in [6, 6.07) is 14.9. The number of hydrogen-bond acceptors (Lipinski definition) is 7. The fourth-order valence-electron chi connectivity index (χ4n) is 3.44. The highest BCUT2D eigenvalue weighted by molar-refractivity contribution is 6.35. The molecular formula is C20H18Cl2N6O2. The minimum absolute atomic E-state index is 0.0915. The van der Waals surface area contributed by atoms with Crippen molar-refractivity contribution in [2.45, 2.75) is 0 Å². The Morgan fingerprint density at radius 1 is 0.933 bits per heavy atom. The van der Waals surface area contributed by atoms with Crippen LogP contribution < -0.4 is 15.1 Å². The first kappa shape index (κ1) is 20.2. The first-order chi connectivity index (χ1) is 14.5. The second-order valence-electron chi connectivity index (χ2n) is 6.74. The van der Waals surface area contributed by atoms with Gasteiger partial charge in [0.15, 0.2) is 0 Å². The number of benzene rings is 2. The van der Waals surface area contributed by atoms with Crippen LogP contribution in [0.3, 0.4) is 0 Å². The Bertz CT molecular complexity index is 1040. The van der Waals surface area contributed by atoms with Gasteiger partial charge in [0.05, 0.1) is 4.92 Å². The van der Waals surface area contributed by atoms with Crippen LogP contribution in [-0.4, -0.2) is 41.1 Å². The van der Waals surface area contributed by atoms with Crippen molar-refractivity contribution in [3.05, 3.63) is 75.0 Å². The molecule has 0 atom stereocenters. The van der Waals surface area contributed by atoms with Crippen LogP contribution in [0.4, 0.5) is 28.7 Å². The quantitative estimate of drug-likeness (QED) is 0.448. The number of halogens is 2. The number of piperazine rings is 1. The van der Waals surface area contributed by atoms with Gasteiger partial charge in [0, 0.05) is 47.6 Å². The van der Waals surface area contributed by atoms with Crippen molar-refractivity contribution < 1.29 is 4.92 Å². The average Bonchev–Trinajstić information content (AvgIpc) is 2.73. The van der Waals surface area contributed by atoms with Crippen molar-refractivity contribution in [1.82, 2.24) is 9.97 Å². The summed E-state index contributed by atoms with van der Waals surface area (Å²) in [5, 5.41) is 15.7. The zero-order valence-corrected chi connectivity index (χ0v) is 17.3. The molecule has 10 heteroatoms. The van der Waals surface area contributed by atoms with Crippen molar-refractivity contribution in [3.63, 3.8) is 0 Å². The molecule has 0 unspecified atom stereocenters. The van der Waals surface area contributed by atoms with E-state index < -0.39 is 4.92 Å². The monoisotopic (exact) mass is 444 g/mol. The van der Waals surface area contributed by atoms with Gasteiger partial charge in [-0.2, -0.15) is 0 Å². The van der Waals surface area contributed by atoms with Gasteiger partial charge in [0.1, 0.15) is 6.33 Å². The van der Waals surface area contributed by atoms with Gasteiger partial charge in [-0.05, 0) is 30.3 Å². The molecule has 1 aliphatic heterocycles. The number of nitrogens with one attached hydrogen (secondary N) is 1. The molecule has 0 aliphatic carbocycles. The van der Waals surface area contributed by atoms with Gasteiger partial charge < -0.3 is 15.1 Å². The molecule has 8 nitrogen and oxygen atoms in total. The largest absolute Gasteiger partial charge is 0.368 e. The normalized spacial score (nSPS) is 13.9. The smallest absolute Gasteiger partial charge is 0.353 e. The fourth-order valence-corrected chi connectivity index (χ4v) is 3.96. The maximum absolute atomic E-state index is 11.9. The van der Waals surface area contributed by atoms with Crippen molar-refractivity contribution in [3.8, 4) is 0 Å². The summed E-state index contributed by atoms with van der Waals surface area (Å²) in [4.78, 5) is 23.9. The minimum atomic E-state index is -0.465. The highest BCUT2D eigenvalue weighted by Gasteiger charge is 2.29. The Morgan fingerprint density at radius 3 is 2.20 bits per heavy atom. The predicted molar refractivity (Wildman–Crippen MR) is 119 cm³/mol. The van der Waals surface area contributed by atoms with Gasteiger partial charge >= 0.3 is 5.69 Å². The van der Waals surface area contributed by atoms with Crippen molar-refractivity contribution in [1.29, 1.82) is 0 Å². The molecule has 0 radical (unpaired) electrons.